The van der Waals surface area contributed by atoms with Crippen molar-refractivity contribution in [3.63, 3.8) is 0 Å². The number of ether oxygens (including phenoxy) is 2. The molecule has 4 aromatic rings. The summed E-state index contributed by atoms with van der Waals surface area (Å²) in [6.45, 7) is 0.692. The van der Waals surface area contributed by atoms with Crippen LogP contribution in [0.1, 0.15) is 17.4 Å². The summed E-state index contributed by atoms with van der Waals surface area (Å²) in [7, 11) is 0. The van der Waals surface area contributed by atoms with Crippen LogP contribution in [0.4, 0.5) is 5.82 Å². The molecule has 0 amide bonds. The van der Waals surface area contributed by atoms with Gasteiger partial charge in [0.25, 0.3) is 6.29 Å². The van der Waals surface area contributed by atoms with Gasteiger partial charge < -0.3 is 19.8 Å². The molecule has 10 heteroatoms. The van der Waals surface area contributed by atoms with Crippen LogP contribution in [0.2, 0.25) is 0 Å². The van der Waals surface area contributed by atoms with E-state index in [1.54, 1.807) is 6.26 Å². The molecule has 0 saturated heterocycles. The van der Waals surface area contributed by atoms with E-state index in [2.05, 4.69) is 72.8 Å². The topological polar surface area (TPSA) is 88.1 Å². The summed E-state index contributed by atoms with van der Waals surface area (Å²) in [5.41, 5.74) is 9.52. The van der Waals surface area contributed by atoms with E-state index in [9.17, 15) is 0 Å². The zero-order valence-corrected chi connectivity index (χ0v) is 21.2. The molecule has 3 heterocycles. The molecule has 32 heavy (non-hydrogen) atoms. The number of fused-ring (bicyclic) bond motifs is 1. The number of imidazole rings is 1. The molecule has 1 aliphatic rings. The summed E-state index contributed by atoms with van der Waals surface area (Å²) in [5.74, 6) is 0.355. The van der Waals surface area contributed by atoms with Crippen LogP contribution < -0.4 is 5.73 Å². The Kier molecular flexibility index (Phi) is 6.24. The zero-order valence-electron chi connectivity index (χ0n) is 16.6. The molecular formula is C22H17BrIN5O2S. The average molecular weight is 622 g/mol. The van der Waals surface area contributed by atoms with Crippen molar-refractivity contribution < 1.29 is 9.47 Å². The normalized spacial score (nSPS) is 15.4. The Hall–Kier alpha value is -2.31. The summed E-state index contributed by atoms with van der Waals surface area (Å²) in [4.78, 5) is 13.2. The molecule has 1 unspecified atom stereocenters. The molecule has 0 bridgehead atoms. The number of hydrogen-bond acceptors (Lipinski definition) is 7. The predicted octanol–water partition coefficient (Wildman–Crippen LogP) is 5.65. The van der Waals surface area contributed by atoms with E-state index in [-0.39, 0.29) is 0 Å². The van der Waals surface area contributed by atoms with Gasteiger partial charge in [0.1, 0.15) is 12.6 Å². The molecule has 0 radical (unpaired) electrons. The van der Waals surface area contributed by atoms with Crippen molar-refractivity contribution in [3.8, 4) is 0 Å². The highest BCUT2D eigenvalue weighted by molar-refractivity contribution is 14.1. The quantitative estimate of drug-likeness (QED) is 0.278. The number of nitrogen functional groups attached to an aromatic ring is 1. The van der Waals surface area contributed by atoms with Crippen molar-refractivity contribution in [3.05, 3.63) is 85.4 Å². The van der Waals surface area contributed by atoms with E-state index < -0.39 is 6.29 Å². The molecule has 0 aliphatic carbocycles. The van der Waals surface area contributed by atoms with Gasteiger partial charge >= 0.3 is 0 Å². The van der Waals surface area contributed by atoms with Crippen LogP contribution in [-0.4, -0.2) is 19.5 Å². The van der Waals surface area contributed by atoms with E-state index in [4.69, 9.17) is 20.2 Å². The van der Waals surface area contributed by atoms with E-state index in [0.717, 1.165) is 21.6 Å². The van der Waals surface area contributed by atoms with Gasteiger partial charge in [0, 0.05) is 20.2 Å². The molecule has 162 valence electrons. The monoisotopic (exact) mass is 621 g/mol. The van der Waals surface area contributed by atoms with Gasteiger partial charge in [0.2, 0.25) is 5.09 Å². The van der Waals surface area contributed by atoms with Gasteiger partial charge in [0.05, 0.1) is 0 Å². The number of nitrogens with zero attached hydrogens (tertiary/aromatic N) is 4. The van der Waals surface area contributed by atoms with Crippen molar-refractivity contribution in [2.45, 2.75) is 24.4 Å². The van der Waals surface area contributed by atoms with Crippen LogP contribution in [0.3, 0.4) is 0 Å². The summed E-state index contributed by atoms with van der Waals surface area (Å²) in [6.07, 6.45) is 3.40. The molecule has 0 fully saturated rings. The lowest BCUT2D eigenvalue weighted by Gasteiger charge is -2.13. The number of anilines is 1. The fourth-order valence-electron chi connectivity index (χ4n) is 3.37. The molecule has 0 saturated carbocycles. The Morgan fingerprint density at radius 2 is 2.03 bits per heavy atom. The second-order valence-corrected chi connectivity index (χ2v) is 10.1. The minimum atomic E-state index is -0.512. The smallest absolute Gasteiger partial charge is 0.268 e. The summed E-state index contributed by atoms with van der Waals surface area (Å²) < 4.78 is 16.0. The fraction of sp³-hybridized carbons (Fsp3) is 0.136. The standard InChI is InChI=1S/C22H17BrIN5O2S/c23-16-7-2-1-6-15(16)21-30-11-17(31-21)32-22-28-18-19(25)26-12-27-20(18)29(22)9-8-13-4-3-5-14(24)10-13/h1-7,10-12,21H,8-9H2,(H2,25,26,27). The lowest BCUT2D eigenvalue weighted by atomic mass is 10.1. The van der Waals surface area contributed by atoms with Gasteiger partial charge in [0.15, 0.2) is 22.1 Å². The maximum absolute atomic E-state index is 6.08. The van der Waals surface area contributed by atoms with E-state index >= 15 is 0 Å². The number of thioether (sulfide) groups is 1. The van der Waals surface area contributed by atoms with Gasteiger partial charge in [-0.05, 0) is 64.5 Å². The van der Waals surface area contributed by atoms with Crippen LogP contribution in [0.15, 0.2) is 75.8 Å². The number of benzene rings is 2. The van der Waals surface area contributed by atoms with Crippen LogP contribution in [0, 0.1) is 3.57 Å². The number of aromatic nitrogens is 4. The molecule has 1 atom stereocenters. The number of rotatable bonds is 6. The Morgan fingerprint density at radius 3 is 2.88 bits per heavy atom. The maximum atomic E-state index is 6.08. The third-order valence-electron chi connectivity index (χ3n) is 4.90. The molecular weight excluding hydrogens is 605 g/mol. The van der Waals surface area contributed by atoms with Crippen molar-refractivity contribution in [2.24, 2.45) is 0 Å². The molecule has 2 N–H and O–H groups in total. The van der Waals surface area contributed by atoms with Crippen LogP contribution in [0.25, 0.3) is 11.2 Å². The van der Waals surface area contributed by atoms with Crippen molar-refractivity contribution in [2.75, 3.05) is 5.73 Å². The third-order valence-corrected chi connectivity index (χ3v) is 7.18. The fourth-order valence-corrected chi connectivity index (χ4v) is 5.29. The maximum Gasteiger partial charge on any atom is 0.268 e. The van der Waals surface area contributed by atoms with Crippen LogP contribution >= 0.6 is 50.3 Å². The molecule has 2 aromatic heterocycles. The number of aryl methyl sites for hydroxylation is 2. The Morgan fingerprint density at radius 1 is 1.16 bits per heavy atom. The minimum Gasteiger partial charge on any atom is -0.454 e. The lowest BCUT2D eigenvalue weighted by molar-refractivity contribution is -0.0278. The van der Waals surface area contributed by atoms with E-state index in [1.165, 1.54) is 27.2 Å². The molecule has 7 nitrogen and oxygen atoms in total. The Labute approximate surface area is 210 Å². The molecule has 2 aromatic carbocycles. The minimum absolute atomic E-state index is 0.355. The van der Waals surface area contributed by atoms with Gasteiger partial charge in [-0.25, -0.2) is 15.0 Å². The zero-order chi connectivity index (χ0) is 22.1. The Bertz CT molecular complexity index is 1330. The SMILES string of the molecule is Nc1ncnc2c1nc(SC1=COC(c3ccccc3Br)O1)n2CCc1cccc(I)c1. The molecule has 0 spiro atoms. The first kappa shape index (κ1) is 21.5. The first-order valence-corrected chi connectivity index (χ1v) is 12.4. The average Bonchev–Trinajstić information content (AvgIpc) is 3.38. The van der Waals surface area contributed by atoms with Crippen LogP contribution in [0.5, 0.6) is 0 Å². The third kappa shape index (κ3) is 4.44. The second-order valence-electron chi connectivity index (χ2n) is 7.00. The highest BCUT2D eigenvalue weighted by atomic mass is 127. The number of halogens is 2. The molecule has 5 rings (SSSR count). The predicted molar refractivity (Wildman–Crippen MR) is 136 cm³/mol. The summed E-state index contributed by atoms with van der Waals surface area (Å²) >= 11 is 7.25. The number of hydrogen-bond donors (Lipinski definition) is 1. The van der Waals surface area contributed by atoms with Crippen LogP contribution in [-0.2, 0) is 22.4 Å². The lowest BCUT2D eigenvalue weighted by Crippen LogP contribution is -2.05. The summed E-state index contributed by atoms with van der Waals surface area (Å²) in [6, 6.07) is 16.3. The van der Waals surface area contributed by atoms with Gasteiger partial charge in [-0.3, -0.25) is 0 Å². The van der Waals surface area contributed by atoms with Gasteiger partial charge in [-0.15, -0.1) is 0 Å². The first-order valence-electron chi connectivity index (χ1n) is 9.74. The summed E-state index contributed by atoms with van der Waals surface area (Å²) in [5, 5.41) is 1.34. The van der Waals surface area contributed by atoms with Crippen molar-refractivity contribution >= 4 is 67.3 Å². The van der Waals surface area contributed by atoms with Gasteiger partial charge in [-0.2, -0.15) is 0 Å². The van der Waals surface area contributed by atoms with Crippen molar-refractivity contribution in [1.29, 1.82) is 0 Å². The first-order chi connectivity index (χ1) is 15.6. The van der Waals surface area contributed by atoms with Crippen molar-refractivity contribution in [1.82, 2.24) is 19.5 Å². The Balaban J connectivity index is 1.40. The largest absolute Gasteiger partial charge is 0.454 e. The highest BCUT2D eigenvalue weighted by Crippen LogP contribution is 2.40. The number of nitrogens with two attached hydrogens (primary N) is 1. The highest BCUT2D eigenvalue weighted by Gasteiger charge is 2.26. The van der Waals surface area contributed by atoms with E-state index in [1.807, 2.05) is 28.8 Å². The van der Waals surface area contributed by atoms with Gasteiger partial charge in [-0.1, -0.05) is 46.3 Å². The second kappa shape index (κ2) is 9.28. The molecule has 1 aliphatic heterocycles. The van der Waals surface area contributed by atoms with E-state index in [0.29, 0.717) is 28.6 Å².